The zero-order valence-corrected chi connectivity index (χ0v) is 7.72. The molecule has 0 N–H and O–H groups in total. The first-order valence-corrected chi connectivity index (χ1v) is 3.82. The maximum absolute atomic E-state index is 3.75. The summed E-state index contributed by atoms with van der Waals surface area (Å²) in [6.45, 7) is 9.62. The molecule has 0 aliphatic heterocycles. The molecule has 0 radical (unpaired) electrons. The van der Waals surface area contributed by atoms with Crippen LogP contribution in [0.4, 0.5) is 0 Å². The summed E-state index contributed by atoms with van der Waals surface area (Å²) in [7, 11) is 4.02. The fraction of sp³-hybridized carbons (Fsp3) is 0.400. The van der Waals surface area contributed by atoms with Gasteiger partial charge in [0.05, 0.1) is 0 Å². The van der Waals surface area contributed by atoms with Crippen LogP contribution in [0.5, 0.6) is 0 Å². The highest BCUT2D eigenvalue weighted by Crippen LogP contribution is 2.12. The van der Waals surface area contributed by atoms with E-state index in [4.69, 9.17) is 0 Å². The highest BCUT2D eigenvalue weighted by molar-refractivity contribution is 5.29. The van der Waals surface area contributed by atoms with Crippen molar-refractivity contribution in [1.29, 1.82) is 0 Å². The number of nitrogens with zero attached hydrogens (tertiary/aromatic N) is 1. The molecule has 0 amide bonds. The van der Waals surface area contributed by atoms with Crippen molar-refractivity contribution in [2.24, 2.45) is 0 Å². The lowest BCUT2D eigenvalue weighted by Gasteiger charge is -2.16. The normalized spacial score (nSPS) is 11.9. The van der Waals surface area contributed by atoms with E-state index >= 15 is 0 Å². The average molecular weight is 151 g/mol. The molecule has 1 nitrogen and oxygen atoms in total. The quantitative estimate of drug-likeness (QED) is 0.558. The van der Waals surface area contributed by atoms with E-state index in [1.54, 1.807) is 0 Å². The van der Waals surface area contributed by atoms with E-state index in [2.05, 4.69) is 20.1 Å². The predicted molar refractivity (Wildman–Crippen MR) is 51.4 cm³/mol. The standard InChI is InChI=1S/C10H17N/c1-6-9(7-2)10(8-3)11(4)5/h6,8H,1,3,7H2,2,4-5H3/b10-9-. The van der Waals surface area contributed by atoms with Gasteiger partial charge in [0.15, 0.2) is 0 Å². The molecule has 0 saturated heterocycles. The van der Waals surface area contributed by atoms with Crippen LogP contribution < -0.4 is 0 Å². The lowest BCUT2D eigenvalue weighted by atomic mass is 10.1. The second kappa shape index (κ2) is 4.78. The molecule has 0 aliphatic rings. The van der Waals surface area contributed by atoms with Gasteiger partial charge in [-0.05, 0) is 18.1 Å². The van der Waals surface area contributed by atoms with Gasteiger partial charge in [-0.15, -0.1) is 0 Å². The molecule has 0 bridgehead atoms. The van der Waals surface area contributed by atoms with Crippen LogP contribution >= 0.6 is 0 Å². The first kappa shape index (κ1) is 10.0. The Bertz CT molecular complexity index is 175. The van der Waals surface area contributed by atoms with Crippen LogP contribution in [0.3, 0.4) is 0 Å². The van der Waals surface area contributed by atoms with Gasteiger partial charge in [0.2, 0.25) is 0 Å². The van der Waals surface area contributed by atoms with E-state index in [0.29, 0.717) is 0 Å². The van der Waals surface area contributed by atoms with Gasteiger partial charge in [0.1, 0.15) is 0 Å². The molecule has 1 heteroatoms. The summed E-state index contributed by atoms with van der Waals surface area (Å²) in [6, 6.07) is 0. The third kappa shape index (κ3) is 2.62. The largest absolute Gasteiger partial charge is 0.377 e. The Morgan fingerprint density at radius 3 is 1.91 bits per heavy atom. The van der Waals surface area contributed by atoms with Crippen molar-refractivity contribution in [2.45, 2.75) is 13.3 Å². The average Bonchev–Trinajstić information content (AvgIpc) is 1.99. The molecule has 0 atom stereocenters. The van der Waals surface area contributed by atoms with E-state index in [-0.39, 0.29) is 0 Å². The van der Waals surface area contributed by atoms with Crippen molar-refractivity contribution < 1.29 is 0 Å². The first-order chi connectivity index (χ1) is 5.17. The molecule has 11 heavy (non-hydrogen) atoms. The van der Waals surface area contributed by atoms with Gasteiger partial charge in [-0.3, -0.25) is 0 Å². The number of hydrogen-bond acceptors (Lipinski definition) is 1. The Morgan fingerprint density at radius 2 is 1.82 bits per heavy atom. The van der Waals surface area contributed by atoms with Gasteiger partial charge in [0, 0.05) is 19.8 Å². The lowest BCUT2D eigenvalue weighted by Crippen LogP contribution is -2.10. The molecular weight excluding hydrogens is 134 g/mol. The Morgan fingerprint density at radius 1 is 1.27 bits per heavy atom. The van der Waals surface area contributed by atoms with Crippen molar-refractivity contribution in [3.05, 3.63) is 36.6 Å². The Hall–Kier alpha value is -0.980. The van der Waals surface area contributed by atoms with Crippen molar-refractivity contribution >= 4 is 0 Å². The zero-order chi connectivity index (χ0) is 8.85. The summed E-state index contributed by atoms with van der Waals surface area (Å²) in [5, 5.41) is 0. The molecule has 0 aromatic rings. The molecule has 0 heterocycles. The molecule has 0 aliphatic carbocycles. The summed E-state index contributed by atoms with van der Waals surface area (Å²) < 4.78 is 0. The minimum absolute atomic E-state index is 1.00. The van der Waals surface area contributed by atoms with Gasteiger partial charge >= 0.3 is 0 Å². The second-order valence-corrected chi connectivity index (χ2v) is 2.57. The van der Waals surface area contributed by atoms with E-state index in [9.17, 15) is 0 Å². The maximum Gasteiger partial charge on any atom is 0.0387 e. The van der Waals surface area contributed by atoms with Crippen LogP contribution in [0.15, 0.2) is 36.6 Å². The van der Waals surface area contributed by atoms with E-state index in [0.717, 1.165) is 12.1 Å². The fourth-order valence-electron chi connectivity index (χ4n) is 1.03. The Balaban J connectivity index is 4.76. The van der Waals surface area contributed by atoms with Gasteiger partial charge in [-0.1, -0.05) is 26.2 Å². The number of hydrogen-bond donors (Lipinski definition) is 0. The molecule has 62 valence electrons. The summed E-state index contributed by atoms with van der Waals surface area (Å²) in [5.74, 6) is 0. The number of rotatable bonds is 4. The molecule has 0 aromatic carbocycles. The van der Waals surface area contributed by atoms with Gasteiger partial charge in [0.25, 0.3) is 0 Å². The Kier molecular flexibility index (Phi) is 4.35. The Labute approximate surface area is 69.7 Å². The monoisotopic (exact) mass is 151 g/mol. The van der Waals surface area contributed by atoms with Crippen LogP contribution in [-0.4, -0.2) is 19.0 Å². The first-order valence-electron chi connectivity index (χ1n) is 3.82. The minimum Gasteiger partial charge on any atom is -0.377 e. The van der Waals surface area contributed by atoms with Crippen LogP contribution in [0.25, 0.3) is 0 Å². The minimum atomic E-state index is 1.00. The highest BCUT2D eigenvalue weighted by atomic mass is 15.1. The SMILES string of the molecule is C=C/C(CC)=C(\C=C)N(C)C. The number of likely N-dealkylation sites (N-methyl/N-ethyl adjacent to an activating group) is 1. The van der Waals surface area contributed by atoms with Crippen molar-refractivity contribution in [3.63, 3.8) is 0 Å². The summed E-state index contributed by atoms with van der Waals surface area (Å²) in [5.41, 5.74) is 2.40. The molecule has 0 fully saturated rings. The maximum atomic E-state index is 3.75. The van der Waals surface area contributed by atoms with Gasteiger partial charge in [-0.2, -0.15) is 0 Å². The van der Waals surface area contributed by atoms with Crippen molar-refractivity contribution in [1.82, 2.24) is 4.90 Å². The summed E-state index contributed by atoms with van der Waals surface area (Å²) in [6.07, 6.45) is 4.75. The molecule has 0 rings (SSSR count). The van der Waals surface area contributed by atoms with E-state index in [1.807, 2.05) is 31.1 Å². The van der Waals surface area contributed by atoms with Crippen LogP contribution in [-0.2, 0) is 0 Å². The van der Waals surface area contributed by atoms with Crippen LogP contribution in [0.2, 0.25) is 0 Å². The zero-order valence-electron chi connectivity index (χ0n) is 7.72. The summed E-state index contributed by atoms with van der Waals surface area (Å²) in [4.78, 5) is 2.05. The third-order valence-electron chi connectivity index (χ3n) is 1.63. The van der Waals surface area contributed by atoms with E-state index < -0.39 is 0 Å². The third-order valence-corrected chi connectivity index (χ3v) is 1.63. The molecule has 0 spiro atoms. The predicted octanol–water partition coefficient (Wildman–Crippen LogP) is 2.58. The van der Waals surface area contributed by atoms with Crippen LogP contribution in [0, 0.1) is 0 Å². The van der Waals surface area contributed by atoms with Crippen molar-refractivity contribution in [3.8, 4) is 0 Å². The van der Waals surface area contributed by atoms with Gasteiger partial charge < -0.3 is 4.90 Å². The van der Waals surface area contributed by atoms with E-state index in [1.165, 1.54) is 5.57 Å². The van der Waals surface area contributed by atoms with Crippen LogP contribution in [0.1, 0.15) is 13.3 Å². The molecule has 0 saturated carbocycles. The topological polar surface area (TPSA) is 3.24 Å². The summed E-state index contributed by atoms with van der Waals surface area (Å²) >= 11 is 0. The fourth-order valence-corrected chi connectivity index (χ4v) is 1.03. The highest BCUT2D eigenvalue weighted by Gasteiger charge is 1.98. The lowest BCUT2D eigenvalue weighted by molar-refractivity contribution is 0.523. The second-order valence-electron chi connectivity index (χ2n) is 2.57. The van der Waals surface area contributed by atoms with Gasteiger partial charge in [-0.25, -0.2) is 0 Å². The number of allylic oxidation sites excluding steroid dienone is 3. The molecule has 0 aromatic heterocycles. The molecule has 0 unspecified atom stereocenters. The van der Waals surface area contributed by atoms with Crippen molar-refractivity contribution in [2.75, 3.05) is 14.1 Å². The molecular formula is C10H17N. The smallest absolute Gasteiger partial charge is 0.0387 e.